The summed E-state index contributed by atoms with van der Waals surface area (Å²) >= 11 is 0. The molecule has 0 atom stereocenters. The topological polar surface area (TPSA) is 124 Å². The summed E-state index contributed by atoms with van der Waals surface area (Å²) in [5.74, 6) is 0.00657. The van der Waals surface area contributed by atoms with Crippen LogP contribution in [0.15, 0.2) is 152 Å². The van der Waals surface area contributed by atoms with Crippen molar-refractivity contribution in [3.8, 4) is 11.5 Å². The van der Waals surface area contributed by atoms with E-state index in [1.165, 1.54) is 24.3 Å². The highest BCUT2D eigenvalue weighted by Crippen LogP contribution is 2.37. The molecule has 0 aliphatic rings. The lowest BCUT2D eigenvalue weighted by molar-refractivity contribution is 0.476. The number of hydrogen-bond acceptors (Lipinski definition) is 8. The Morgan fingerprint density at radius 2 is 0.829 bits per heavy atom. The Hall–Kier alpha value is -5.41. The molecule has 0 unspecified atom stereocenters. The van der Waals surface area contributed by atoms with Crippen molar-refractivity contribution < 1.29 is 18.6 Å². The molecule has 0 aliphatic carbocycles. The Kier molecular flexibility index (Phi) is 6.70. The first-order valence-electron chi connectivity index (χ1n) is 12.6. The standard InChI is InChI=1S/C32H22N4O4S/c37-29-19-9-21-5-1-3-7-27(21)31(29)35-33-23-11-15-25(16-12-23)41(39,40)26-17-13-24(14-18-26)34-36-32-28-8-4-2-6-22(28)10-20-30(32)38/h1-20,37-38H. The lowest BCUT2D eigenvalue weighted by atomic mass is 10.1. The first kappa shape index (κ1) is 25.8. The highest BCUT2D eigenvalue weighted by molar-refractivity contribution is 7.91. The van der Waals surface area contributed by atoms with Gasteiger partial charge in [-0.05, 0) is 71.4 Å². The molecule has 0 aromatic heterocycles. The molecule has 200 valence electrons. The monoisotopic (exact) mass is 558 g/mol. The van der Waals surface area contributed by atoms with Crippen molar-refractivity contribution in [2.75, 3.05) is 0 Å². The third kappa shape index (κ3) is 5.13. The van der Waals surface area contributed by atoms with E-state index in [2.05, 4.69) is 20.5 Å². The molecule has 0 saturated carbocycles. The van der Waals surface area contributed by atoms with Crippen molar-refractivity contribution in [1.29, 1.82) is 0 Å². The number of hydrogen-bond donors (Lipinski definition) is 2. The summed E-state index contributed by atoms with van der Waals surface area (Å²) in [5, 5.41) is 40.7. The molecule has 41 heavy (non-hydrogen) atoms. The molecule has 0 spiro atoms. The Labute approximate surface area is 235 Å². The number of fused-ring (bicyclic) bond motifs is 2. The second-order valence-corrected chi connectivity index (χ2v) is 11.1. The van der Waals surface area contributed by atoms with Gasteiger partial charge in [0.25, 0.3) is 0 Å². The van der Waals surface area contributed by atoms with Gasteiger partial charge < -0.3 is 10.2 Å². The minimum atomic E-state index is -3.80. The quantitative estimate of drug-likeness (QED) is 0.198. The van der Waals surface area contributed by atoms with Gasteiger partial charge in [0, 0.05) is 10.8 Å². The second-order valence-electron chi connectivity index (χ2n) is 9.20. The molecule has 0 heterocycles. The molecule has 0 radical (unpaired) electrons. The maximum Gasteiger partial charge on any atom is 0.206 e. The van der Waals surface area contributed by atoms with Crippen LogP contribution >= 0.6 is 0 Å². The van der Waals surface area contributed by atoms with Gasteiger partial charge in [0.1, 0.15) is 22.9 Å². The summed E-state index contributed by atoms with van der Waals surface area (Å²) in [6.07, 6.45) is 0. The van der Waals surface area contributed by atoms with Gasteiger partial charge in [-0.2, -0.15) is 10.2 Å². The van der Waals surface area contributed by atoms with Crippen LogP contribution in [-0.2, 0) is 9.84 Å². The van der Waals surface area contributed by atoms with Crippen LogP contribution in [0.2, 0.25) is 0 Å². The van der Waals surface area contributed by atoms with Crippen LogP contribution in [0, 0.1) is 0 Å². The van der Waals surface area contributed by atoms with Gasteiger partial charge in [-0.3, -0.25) is 0 Å². The molecule has 0 fully saturated rings. The summed E-state index contributed by atoms with van der Waals surface area (Å²) in [7, 11) is -3.80. The summed E-state index contributed by atoms with van der Waals surface area (Å²) in [4.78, 5) is 0.194. The minimum Gasteiger partial charge on any atom is -0.506 e. The van der Waals surface area contributed by atoms with Crippen LogP contribution < -0.4 is 0 Å². The SMILES string of the molecule is O=S(=O)(c1ccc(N=Nc2c(O)ccc3ccccc23)cc1)c1ccc(N=Nc2c(O)ccc3ccccc23)cc1. The number of nitrogens with zero attached hydrogens (tertiary/aromatic N) is 4. The van der Waals surface area contributed by atoms with Crippen molar-refractivity contribution >= 4 is 54.1 Å². The average molecular weight is 559 g/mol. The number of benzene rings is 6. The van der Waals surface area contributed by atoms with E-state index in [-0.39, 0.29) is 21.3 Å². The first-order chi connectivity index (χ1) is 19.9. The van der Waals surface area contributed by atoms with Crippen molar-refractivity contribution in [1.82, 2.24) is 0 Å². The molecule has 0 amide bonds. The van der Waals surface area contributed by atoms with Crippen LogP contribution in [0.1, 0.15) is 0 Å². The van der Waals surface area contributed by atoms with Gasteiger partial charge in [0.2, 0.25) is 9.84 Å². The van der Waals surface area contributed by atoms with Crippen molar-refractivity contribution in [2.24, 2.45) is 20.5 Å². The molecule has 0 aliphatic heterocycles. The van der Waals surface area contributed by atoms with Crippen LogP contribution in [0.4, 0.5) is 22.7 Å². The Balaban J connectivity index is 1.21. The third-order valence-corrected chi connectivity index (χ3v) is 8.37. The number of rotatable bonds is 6. The van der Waals surface area contributed by atoms with Crippen LogP contribution in [0.5, 0.6) is 11.5 Å². The van der Waals surface area contributed by atoms with Gasteiger partial charge in [0.15, 0.2) is 0 Å². The number of aromatic hydroxyl groups is 2. The minimum absolute atomic E-state index is 0.00329. The summed E-state index contributed by atoms with van der Waals surface area (Å²) in [6, 6.07) is 33.8. The highest BCUT2D eigenvalue weighted by Gasteiger charge is 2.17. The highest BCUT2D eigenvalue weighted by atomic mass is 32.2. The lowest BCUT2D eigenvalue weighted by Gasteiger charge is -2.06. The lowest BCUT2D eigenvalue weighted by Crippen LogP contribution is -2.01. The Bertz CT molecular complexity index is 1930. The summed E-state index contributed by atoms with van der Waals surface area (Å²) in [5.41, 5.74) is 1.55. The van der Waals surface area contributed by atoms with Crippen LogP contribution in [0.3, 0.4) is 0 Å². The molecular formula is C32H22N4O4S. The fourth-order valence-corrected chi connectivity index (χ4v) is 5.69. The number of phenolic OH excluding ortho intramolecular Hbond substituents is 2. The average Bonchev–Trinajstić information content (AvgIpc) is 3.00. The largest absolute Gasteiger partial charge is 0.506 e. The normalized spacial score (nSPS) is 12.1. The van der Waals surface area contributed by atoms with Crippen molar-refractivity contribution in [3.63, 3.8) is 0 Å². The zero-order chi connectivity index (χ0) is 28.4. The predicted molar refractivity (Wildman–Crippen MR) is 158 cm³/mol. The molecule has 6 rings (SSSR count). The summed E-state index contributed by atoms with van der Waals surface area (Å²) in [6.45, 7) is 0. The molecule has 6 aromatic rings. The second kappa shape index (κ2) is 10.6. The smallest absolute Gasteiger partial charge is 0.206 e. The molecular weight excluding hydrogens is 536 g/mol. The molecule has 6 aromatic carbocycles. The molecule has 8 nitrogen and oxygen atoms in total. The van der Waals surface area contributed by atoms with Crippen molar-refractivity contribution in [3.05, 3.63) is 121 Å². The third-order valence-electron chi connectivity index (χ3n) is 6.58. The molecule has 9 heteroatoms. The number of phenols is 2. The Morgan fingerprint density at radius 3 is 1.24 bits per heavy atom. The van der Waals surface area contributed by atoms with Gasteiger partial charge >= 0.3 is 0 Å². The van der Waals surface area contributed by atoms with E-state index in [0.29, 0.717) is 22.7 Å². The van der Waals surface area contributed by atoms with Gasteiger partial charge in [-0.1, -0.05) is 60.7 Å². The van der Waals surface area contributed by atoms with E-state index in [0.717, 1.165) is 21.5 Å². The zero-order valence-corrected chi connectivity index (χ0v) is 22.3. The van der Waals surface area contributed by atoms with E-state index in [1.807, 2.05) is 48.5 Å². The Morgan fingerprint density at radius 1 is 0.439 bits per heavy atom. The molecule has 2 N–H and O–H groups in total. The number of sulfone groups is 1. The fourth-order valence-electron chi connectivity index (χ4n) is 4.43. The zero-order valence-electron chi connectivity index (χ0n) is 21.5. The van der Waals surface area contributed by atoms with Crippen LogP contribution in [0.25, 0.3) is 21.5 Å². The van der Waals surface area contributed by atoms with Crippen molar-refractivity contribution in [2.45, 2.75) is 9.79 Å². The van der Waals surface area contributed by atoms with E-state index in [4.69, 9.17) is 0 Å². The number of azo groups is 2. The maximum atomic E-state index is 13.2. The maximum absolute atomic E-state index is 13.2. The van der Waals surface area contributed by atoms with Crippen LogP contribution in [-0.4, -0.2) is 18.6 Å². The molecule has 0 bridgehead atoms. The van der Waals surface area contributed by atoms with E-state index in [1.54, 1.807) is 48.5 Å². The van der Waals surface area contributed by atoms with Gasteiger partial charge in [-0.15, -0.1) is 10.2 Å². The van der Waals surface area contributed by atoms with E-state index >= 15 is 0 Å². The predicted octanol–water partition coefficient (Wildman–Crippen LogP) is 9.07. The summed E-state index contributed by atoms with van der Waals surface area (Å²) < 4.78 is 26.4. The fraction of sp³-hybridized carbons (Fsp3) is 0. The first-order valence-corrected chi connectivity index (χ1v) is 14.1. The van der Waals surface area contributed by atoms with Gasteiger partial charge in [0.05, 0.1) is 21.2 Å². The molecule has 0 saturated heterocycles. The van der Waals surface area contributed by atoms with Gasteiger partial charge in [-0.25, -0.2) is 8.42 Å². The van der Waals surface area contributed by atoms with E-state index in [9.17, 15) is 18.6 Å². The van der Waals surface area contributed by atoms with E-state index < -0.39 is 9.84 Å².